The maximum atomic E-state index is 13.9. The highest BCUT2D eigenvalue weighted by Gasteiger charge is 2.27. The number of rotatable bonds is 4. The molecule has 164 valence electrons. The molecule has 8 nitrogen and oxygen atoms in total. The van der Waals surface area contributed by atoms with Crippen molar-refractivity contribution >= 4 is 33.5 Å². The average molecular weight is 438 g/mol. The molecule has 0 saturated carbocycles. The molecule has 5 aromatic rings. The van der Waals surface area contributed by atoms with Crippen molar-refractivity contribution < 1.29 is 4.79 Å². The van der Waals surface area contributed by atoms with E-state index in [0.717, 1.165) is 16.5 Å². The molecule has 0 spiro atoms. The van der Waals surface area contributed by atoms with Crippen LogP contribution >= 0.6 is 0 Å². The van der Waals surface area contributed by atoms with Crippen LogP contribution in [0.2, 0.25) is 0 Å². The summed E-state index contributed by atoms with van der Waals surface area (Å²) in [4.78, 5) is 37.2. The van der Waals surface area contributed by atoms with Crippen LogP contribution in [-0.4, -0.2) is 36.8 Å². The van der Waals surface area contributed by atoms with Crippen molar-refractivity contribution in [2.45, 2.75) is 13.8 Å². The van der Waals surface area contributed by atoms with Gasteiger partial charge in [0.15, 0.2) is 5.69 Å². The van der Waals surface area contributed by atoms with Crippen molar-refractivity contribution in [3.63, 3.8) is 0 Å². The highest BCUT2D eigenvalue weighted by atomic mass is 16.2. The van der Waals surface area contributed by atoms with Gasteiger partial charge in [0.2, 0.25) is 0 Å². The first-order chi connectivity index (χ1) is 16.0. The number of benzene rings is 2. The van der Waals surface area contributed by atoms with Gasteiger partial charge in [-0.25, -0.2) is 9.97 Å². The van der Waals surface area contributed by atoms with Gasteiger partial charge in [0.1, 0.15) is 17.7 Å². The van der Waals surface area contributed by atoms with Crippen LogP contribution in [0.1, 0.15) is 23.0 Å². The molecule has 0 saturated heterocycles. The number of nitrogens with zero attached hydrogens (tertiary/aromatic N) is 6. The number of aryl methyl sites for hydroxylation is 2. The zero-order chi connectivity index (χ0) is 23.1. The second kappa shape index (κ2) is 7.98. The van der Waals surface area contributed by atoms with Crippen molar-refractivity contribution in [2.75, 3.05) is 11.4 Å². The van der Waals surface area contributed by atoms with Gasteiger partial charge in [0.05, 0.1) is 5.69 Å². The first-order valence-corrected chi connectivity index (χ1v) is 10.7. The Kier molecular flexibility index (Phi) is 4.97. The van der Waals surface area contributed by atoms with Crippen molar-refractivity contribution in [1.82, 2.24) is 24.3 Å². The monoisotopic (exact) mass is 438 g/mol. The van der Waals surface area contributed by atoms with Crippen LogP contribution in [0.25, 0.3) is 27.5 Å². The molecule has 1 amide bonds. The fraction of sp³-hybridized carbons (Fsp3) is 0.160. The number of hydrogen-bond acceptors (Lipinski definition) is 5. The van der Waals surface area contributed by atoms with E-state index in [0.29, 0.717) is 29.0 Å². The van der Waals surface area contributed by atoms with Crippen molar-refractivity contribution in [3.8, 4) is 5.69 Å². The van der Waals surface area contributed by atoms with E-state index < -0.39 is 0 Å². The molecular weight excluding hydrogens is 416 g/mol. The number of amides is 1. The molecule has 0 fully saturated rings. The first-order valence-electron chi connectivity index (χ1n) is 10.7. The smallest absolute Gasteiger partial charge is 0.296 e. The summed E-state index contributed by atoms with van der Waals surface area (Å²) in [7, 11) is 1.84. The number of fused-ring (bicyclic) bond motifs is 3. The number of aromatic nitrogens is 5. The minimum absolute atomic E-state index is 0.197. The molecule has 5 rings (SSSR count). The Hall–Kier alpha value is -4.33. The second-order valence-electron chi connectivity index (χ2n) is 7.82. The van der Waals surface area contributed by atoms with Gasteiger partial charge in [-0.1, -0.05) is 35.9 Å². The van der Waals surface area contributed by atoms with Crippen LogP contribution in [0.4, 0.5) is 5.82 Å². The molecule has 0 bridgehead atoms. The van der Waals surface area contributed by atoms with Crippen LogP contribution in [0.5, 0.6) is 0 Å². The third-order valence-corrected chi connectivity index (χ3v) is 5.82. The molecule has 2 aromatic carbocycles. The number of para-hydroxylation sites is 1. The van der Waals surface area contributed by atoms with Gasteiger partial charge in [0.25, 0.3) is 11.5 Å². The quantitative estimate of drug-likeness (QED) is 0.428. The third-order valence-electron chi connectivity index (χ3n) is 5.82. The van der Waals surface area contributed by atoms with Crippen molar-refractivity contribution in [1.29, 1.82) is 0 Å². The van der Waals surface area contributed by atoms with E-state index in [-0.39, 0.29) is 17.2 Å². The zero-order valence-corrected chi connectivity index (χ0v) is 18.6. The second-order valence-corrected chi connectivity index (χ2v) is 7.82. The van der Waals surface area contributed by atoms with Crippen LogP contribution in [-0.2, 0) is 7.05 Å². The van der Waals surface area contributed by atoms with Gasteiger partial charge >= 0.3 is 0 Å². The van der Waals surface area contributed by atoms with Gasteiger partial charge in [-0.2, -0.15) is 9.78 Å². The number of carbonyl (C=O) groups excluding carboxylic acids is 1. The fourth-order valence-corrected chi connectivity index (χ4v) is 4.17. The third kappa shape index (κ3) is 3.27. The predicted molar refractivity (Wildman–Crippen MR) is 128 cm³/mol. The molecule has 8 heteroatoms. The lowest BCUT2D eigenvalue weighted by molar-refractivity contribution is 0.0983. The SMILES string of the molecule is CCN(C(=O)c1nn(-c2ccc(C)cc2)c(=O)c2c1c1ccccc1n2C)c1ccncn1. The standard InChI is InChI=1S/C25H22N6O2/c1-4-30(20-13-14-26-15-27-20)24(32)22-21-18-7-5-6-8-19(18)29(3)23(21)25(33)31(28-22)17-11-9-16(2)10-12-17/h5-15H,4H2,1-3H3. The molecule has 0 aliphatic heterocycles. The van der Waals surface area contributed by atoms with Crippen LogP contribution < -0.4 is 10.5 Å². The lowest BCUT2D eigenvalue weighted by Crippen LogP contribution is -2.35. The first kappa shape index (κ1) is 20.6. The number of anilines is 1. The zero-order valence-electron chi connectivity index (χ0n) is 18.6. The minimum atomic E-state index is -0.335. The van der Waals surface area contributed by atoms with Gasteiger partial charge in [-0.15, -0.1) is 0 Å². The Morgan fingerprint density at radius 3 is 2.52 bits per heavy atom. The normalized spacial score (nSPS) is 11.2. The Labute approximate surface area is 189 Å². The summed E-state index contributed by atoms with van der Waals surface area (Å²) in [5.41, 5.74) is 2.85. The molecule has 3 aromatic heterocycles. The summed E-state index contributed by atoms with van der Waals surface area (Å²) in [6, 6.07) is 16.8. The topological polar surface area (TPSA) is 85.9 Å². The summed E-state index contributed by atoms with van der Waals surface area (Å²) in [5, 5.41) is 5.96. The van der Waals surface area contributed by atoms with Crippen molar-refractivity contribution in [3.05, 3.63) is 88.7 Å². The molecule has 33 heavy (non-hydrogen) atoms. The molecule has 0 atom stereocenters. The fourth-order valence-electron chi connectivity index (χ4n) is 4.17. The highest BCUT2D eigenvalue weighted by Crippen LogP contribution is 2.29. The van der Waals surface area contributed by atoms with E-state index in [1.165, 1.54) is 15.9 Å². The maximum Gasteiger partial charge on any atom is 0.296 e. The van der Waals surface area contributed by atoms with E-state index in [1.54, 1.807) is 12.3 Å². The Morgan fingerprint density at radius 2 is 1.82 bits per heavy atom. The largest absolute Gasteiger partial charge is 0.339 e. The summed E-state index contributed by atoms with van der Waals surface area (Å²) in [6.07, 6.45) is 2.99. The predicted octanol–water partition coefficient (Wildman–Crippen LogP) is 3.64. The Balaban J connectivity index is 1.86. The van der Waals surface area contributed by atoms with Gasteiger partial charge in [-0.05, 0) is 38.1 Å². The van der Waals surface area contributed by atoms with Gasteiger partial charge in [0, 0.05) is 36.1 Å². The van der Waals surface area contributed by atoms with Crippen LogP contribution in [0.3, 0.4) is 0 Å². The van der Waals surface area contributed by atoms with E-state index in [4.69, 9.17) is 0 Å². The van der Waals surface area contributed by atoms with E-state index >= 15 is 0 Å². The van der Waals surface area contributed by atoms with E-state index in [1.807, 2.05) is 74.0 Å². The van der Waals surface area contributed by atoms with E-state index in [2.05, 4.69) is 15.1 Å². The minimum Gasteiger partial charge on any atom is -0.339 e. The summed E-state index contributed by atoms with van der Waals surface area (Å²) in [5.74, 6) is 0.138. The number of hydrogen-bond donors (Lipinski definition) is 0. The number of carbonyl (C=O) groups is 1. The summed E-state index contributed by atoms with van der Waals surface area (Å²) in [6.45, 7) is 4.23. The summed E-state index contributed by atoms with van der Waals surface area (Å²) < 4.78 is 3.14. The average Bonchev–Trinajstić information content (AvgIpc) is 3.14. The van der Waals surface area contributed by atoms with Gasteiger partial charge in [-0.3, -0.25) is 14.5 Å². The highest BCUT2D eigenvalue weighted by molar-refractivity contribution is 6.19. The molecule has 3 heterocycles. The molecule has 0 aliphatic carbocycles. The van der Waals surface area contributed by atoms with Crippen LogP contribution in [0, 0.1) is 6.92 Å². The summed E-state index contributed by atoms with van der Waals surface area (Å²) >= 11 is 0. The molecule has 0 aliphatic rings. The molecule has 0 N–H and O–H groups in total. The molecular formula is C25H22N6O2. The van der Waals surface area contributed by atoms with Crippen molar-refractivity contribution in [2.24, 2.45) is 7.05 Å². The lowest BCUT2D eigenvalue weighted by atomic mass is 10.1. The molecule has 0 radical (unpaired) electrons. The Bertz CT molecular complexity index is 1550. The van der Waals surface area contributed by atoms with Gasteiger partial charge < -0.3 is 4.57 Å². The van der Waals surface area contributed by atoms with E-state index in [9.17, 15) is 9.59 Å². The lowest BCUT2D eigenvalue weighted by Gasteiger charge is -2.20. The maximum absolute atomic E-state index is 13.9. The molecule has 0 unspecified atom stereocenters. The Morgan fingerprint density at radius 1 is 1.06 bits per heavy atom. The van der Waals surface area contributed by atoms with Crippen LogP contribution in [0.15, 0.2) is 71.9 Å².